The van der Waals surface area contributed by atoms with E-state index in [2.05, 4.69) is 5.32 Å². The summed E-state index contributed by atoms with van der Waals surface area (Å²) < 4.78 is 10.5. The van der Waals surface area contributed by atoms with Crippen molar-refractivity contribution in [3.8, 4) is 0 Å². The second-order valence-electron chi connectivity index (χ2n) is 4.31. The summed E-state index contributed by atoms with van der Waals surface area (Å²) in [6, 6.07) is 9.02. The monoisotopic (exact) mass is 356 g/mol. The fraction of sp³-hybridized carbons (Fsp3) is 0.400. The molecule has 7 heteroatoms. The maximum atomic E-state index is 11.6. The molecule has 0 radical (unpaired) electrons. The molecule has 1 N–H and O–H groups in total. The van der Waals surface area contributed by atoms with Crippen molar-refractivity contribution in [3.05, 3.63) is 47.3 Å². The van der Waals surface area contributed by atoms with Gasteiger partial charge >= 0.3 is 23.0 Å². The number of nitrogens with zero attached hydrogens (tertiary/aromatic N) is 1. The molecule has 124 valence electrons. The average Bonchev–Trinajstić information content (AvgIpc) is 2.82. The maximum absolute atomic E-state index is 11.6. The summed E-state index contributed by atoms with van der Waals surface area (Å²) in [4.78, 5) is 20.6. The summed E-state index contributed by atoms with van der Waals surface area (Å²) in [5.41, 5.74) is 0.943. The summed E-state index contributed by atoms with van der Waals surface area (Å²) >= 11 is 0. The van der Waals surface area contributed by atoms with Gasteiger partial charge in [0.05, 0.1) is 12.8 Å². The number of carboxylic acids is 1. The van der Waals surface area contributed by atoms with E-state index < -0.39 is 18.2 Å². The van der Waals surface area contributed by atoms with Crippen molar-refractivity contribution in [2.24, 2.45) is 0 Å². The number of hydrogen-bond donors (Lipinski definition) is 1. The topological polar surface area (TPSA) is 86.9 Å². The third-order valence-corrected chi connectivity index (χ3v) is 2.56. The summed E-state index contributed by atoms with van der Waals surface area (Å²) in [5.74, 6) is -1.18. The fourth-order valence-electron chi connectivity index (χ4n) is 1.73. The van der Waals surface area contributed by atoms with Crippen molar-refractivity contribution in [2.75, 3.05) is 6.61 Å². The molecule has 0 bridgehead atoms. The van der Waals surface area contributed by atoms with Crippen molar-refractivity contribution in [2.45, 2.75) is 33.0 Å². The number of benzene rings is 1. The Bertz CT molecular complexity index is 464. The van der Waals surface area contributed by atoms with Crippen molar-refractivity contribution >= 4 is 11.9 Å². The molecule has 1 aliphatic rings. The van der Waals surface area contributed by atoms with Crippen LogP contribution in [0.5, 0.6) is 0 Å². The van der Waals surface area contributed by atoms with Gasteiger partial charge < -0.3 is 15.2 Å². The van der Waals surface area contributed by atoms with Gasteiger partial charge in [0.1, 0.15) is 6.92 Å². The Balaban J connectivity index is 0.000000791. The van der Waals surface area contributed by atoms with Crippen LogP contribution in [0.3, 0.4) is 0 Å². The molecule has 0 amide bonds. The number of rotatable bonds is 3. The first kappa shape index (κ1) is 20.5. The minimum absolute atomic E-state index is 0. The zero-order valence-corrected chi connectivity index (χ0v) is 13.5. The molecule has 1 aromatic carbocycles. The van der Waals surface area contributed by atoms with E-state index in [0.717, 1.165) is 12.5 Å². The van der Waals surface area contributed by atoms with Crippen molar-refractivity contribution in [1.29, 1.82) is 0 Å². The SMILES string of the molecule is CC(=O)O.CCOC(=O)C1[N-]C(c2ccccc2)O[C+]1C.[Cu+]. The van der Waals surface area contributed by atoms with Crippen LogP contribution in [-0.4, -0.2) is 29.7 Å². The molecule has 2 rings (SSSR count). The molecule has 2 unspecified atom stereocenters. The normalized spacial score (nSPS) is 19.5. The van der Waals surface area contributed by atoms with E-state index in [-0.39, 0.29) is 23.0 Å². The molecular formula is C15H19CuNO5+. The van der Waals surface area contributed by atoms with Gasteiger partial charge in [-0.1, -0.05) is 30.3 Å². The Labute approximate surface area is 140 Å². The van der Waals surface area contributed by atoms with Crippen molar-refractivity contribution in [1.82, 2.24) is 0 Å². The van der Waals surface area contributed by atoms with Crippen LogP contribution < -0.4 is 0 Å². The van der Waals surface area contributed by atoms with Crippen LogP contribution in [0.15, 0.2) is 30.3 Å². The first-order valence-electron chi connectivity index (χ1n) is 6.56. The molecule has 1 aromatic rings. The summed E-state index contributed by atoms with van der Waals surface area (Å²) in [7, 11) is 0. The molecule has 0 spiro atoms. The molecule has 1 aliphatic heterocycles. The molecule has 6 nitrogen and oxygen atoms in total. The predicted octanol–water partition coefficient (Wildman–Crippen LogP) is 2.66. The van der Waals surface area contributed by atoms with Gasteiger partial charge in [-0.25, -0.2) is 9.53 Å². The minimum atomic E-state index is -0.833. The molecule has 0 aromatic heterocycles. The van der Waals surface area contributed by atoms with Gasteiger partial charge in [0.2, 0.25) is 6.10 Å². The zero-order chi connectivity index (χ0) is 15.8. The number of esters is 1. The van der Waals surface area contributed by atoms with E-state index in [9.17, 15) is 4.79 Å². The van der Waals surface area contributed by atoms with E-state index in [1.54, 1.807) is 13.8 Å². The number of aliphatic carboxylic acids is 1. The number of hydrogen-bond acceptors (Lipinski definition) is 4. The molecule has 1 fully saturated rings. The molecular weight excluding hydrogens is 338 g/mol. The van der Waals surface area contributed by atoms with Crippen LogP contribution in [0.1, 0.15) is 32.6 Å². The number of carbonyl (C=O) groups is 2. The van der Waals surface area contributed by atoms with Gasteiger partial charge in [0.15, 0.2) is 6.04 Å². The average molecular weight is 357 g/mol. The third-order valence-electron chi connectivity index (χ3n) is 2.56. The Morgan fingerprint density at radius 2 is 1.91 bits per heavy atom. The van der Waals surface area contributed by atoms with Gasteiger partial charge in [0, 0.05) is 6.92 Å². The Kier molecular flexibility index (Phi) is 9.53. The molecule has 1 heterocycles. The quantitative estimate of drug-likeness (QED) is 0.511. The van der Waals surface area contributed by atoms with Crippen LogP contribution >= 0.6 is 0 Å². The van der Waals surface area contributed by atoms with Crippen LogP contribution in [-0.2, 0) is 36.1 Å². The van der Waals surface area contributed by atoms with Crippen LogP contribution in [0.4, 0.5) is 0 Å². The Morgan fingerprint density at radius 1 is 1.36 bits per heavy atom. The summed E-state index contributed by atoms with van der Waals surface area (Å²) in [5, 5.41) is 11.7. The first-order valence-corrected chi connectivity index (χ1v) is 6.56. The zero-order valence-electron chi connectivity index (χ0n) is 12.6. The standard InChI is InChI=1S/C13H15NO3.C2H4O2.Cu/c1-3-16-13(15)11-9(2)17-12(14-11)10-7-5-4-6-8-10;1-2(3)4;/h4-8,11-12H,3H2,1-2H3;1H3,(H,3,4);/q;;+1. The van der Waals surface area contributed by atoms with Crippen molar-refractivity contribution in [3.63, 3.8) is 0 Å². The van der Waals surface area contributed by atoms with E-state index in [0.29, 0.717) is 12.7 Å². The third kappa shape index (κ3) is 6.49. The number of carboxylic acid groups (broad SMARTS) is 1. The summed E-state index contributed by atoms with van der Waals surface area (Å²) in [6.07, 6.45) is 0.197. The van der Waals surface area contributed by atoms with E-state index in [1.807, 2.05) is 30.3 Å². The fourth-order valence-corrected chi connectivity index (χ4v) is 1.73. The predicted molar refractivity (Wildman–Crippen MR) is 76.3 cm³/mol. The van der Waals surface area contributed by atoms with Gasteiger partial charge in [-0.15, -0.1) is 0 Å². The summed E-state index contributed by atoms with van der Waals surface area (Å²) in [6.45, 7) is 4.97. The second-order valence-corrected chi connectivity index (χ2v) is 4.31. The van der Waals surface area contributed by atoms with Crippen molar-refractivity contribution < 1.29 is 41.2 Å². The molecule has 22 heavy (non-hydrogen) atoms. The number of ether oxygens (including phenoxy) is 2. The van der Waals surface area contributed by atoms with Gasteiger partial charge in [-0.05, 0) is 12.5 Å². The first-order chi connectivity index (χ1) is 9.95. The van der Waals surface area contributed by atoms with Gasteiger partial charge in [-0.3, -0.25) is 4.79 Å². The van der Waals surface area contributed by atoms with Crippen LogP contribution in [0, 0.1) is 6.10 Å². The molecule has 0 saturated carbocycles. The molecule has 2 atom stereocenters. The Hall–Kier alpha value is -1.53. The van der Waals surface area contributed by atoms with E-state index in [4.69, 9.17) is 19.4 Å². The van der Waals surface area contributed by atoms with Crippen LogP contribution in [0.25, 0.3) is 5.32 Å². The second kappa shape index (κ2) is 10.2. The van der Waals surface area contributed by atoms with E-state index in [1.165, 1.54) is 0 Å². The maximum Gasteiger partial charge on any atom is 1.00 e. The smallest absolute Gasteiger partial charge is 0.573 e. The molecule has 1 saturated heterocycles. The minimum Gasteiger partial charge on any atom is -0.573 e. The van der Waals surface area contributed by atoms with Crippen LogP contribution in [0.2, 0.25) is 0 Å². The molecule has 0 aliphatic carbocycles. The number of carbonyl (C=O) groups excluding carboxylic acids is 1. The largest absolute Gasteiger partial charge is 1.00 e. The van der Waals surface area contributed by atoms with E-state index >= 15 is 0 Å². The van der Waals surface area contributed by atoms with Gasteiger partial charge in [0.25, 0.3) is 5.97 Å². The Morgan fingerprint density at radius 3 is 2.41 bits per heavy atom. The van der Waals surface area contributed by atoms with Gasteiger partial charge in [-0.2, -0.15) is 0 Å².